The van der Waals surface area contributed by atoms with Gasteiger partial charge in [-0.2, -0.15) is 0 Å². The number of likely N-dealkylation sites (N-methyl/N-ethyl adjacent to an activating group) is 1. The van der Waals surface area contributed by atoms with Gasteiger partial charge in [0.25, 0.3) is 0 Å². The first-order chi connectivity index (χ1) is 16.6. The molecule has 4 rings (SSSR count). The Kier molecular flexibility index (Phi) is 6.73. The van der Waals surface area contributed by atoms with Crippen molar-refractivity contribution < 1.29 is 19.5 Å². The topological polar surface area (TPSA) is 81.2 Å². The summed E-state index contributed by atoms with van der Waals surface area (Å²) in [4.78, 5) is 47.8. The van der Waals surface area contributed by atoms with Crippen molar-refractivity contribution in [1.29, 1.82) is 0 Å². The molecule has 0 aromatic rings. The van der Waals surface area contributed by atoms with Gasteiger partial charge in [-0.3, -0.25) is 14.4 Å². The summed E-state index contributed by atoms with van der Waals surface area (Å²) in [5, 5.41) is 10.3. The van der Waals surface area contributed by atoms with Crippen LogP contribution < -0.4 is 0 Å². The average Bonchev–Trinajstić information content (AvgIpc) is 3.02. The number of thioether (sulfide) groups is 1. The van der Waals surface area contributed by atoms with Gasteiger partial charge in [0.2, 0.25) is 17.7 Å². The maximum atomic E-state index is 14.6. The highest BCUT2D eigenvalue weighted by Gasteiger charge is 2.74. The lowest BCUT2D eigenvalue weighted by Gasteiger charge is -2.45. The highest BCUT2D eigenvalue weighted by molar-refractivity contribution is 8.02. The molecular weight excluding hydrogens is 474 g/mol. The van der Waals surface area contributed by atoms with Crippen LogP contribution in [-0.4, -0.2) is 91.4 Å². The van der Waals surface area contributed by atoms with Gasteiger partial charge in [0, 0.05) is 30.4 Å². The van der Waals surface area contributed by atoms with E-state index in [1.807, 2.05) is 30.9 Å². The minimum absolute atomic E-state index is 0.00678. The third-order valence-electron chi connectivity index (χ3n) is 8.47. The van der Waals surface area contributed by atoms with E-state index in [1.165, 1.54) is 0 Å². The normalized spacial score (nSPS) is 35.5. The lowest BCUT2D eigenvalue weighted by atomic mass is 9.74. The van der Waals surface area contributed by atoms with Crippen molar-refractivity contribution in [2.45, 2.75) is 88.4 Å². The molecule has 0 aromatic carbocycles. The molecule has 3 amide bonds. The van der Waals surface area contributed by atoms with Crippen LogP contribution in [0.4, 0.5) is 0 Å². The molecule has 0 bridgehead atoms. The third kappa shape index (κ3) is 4.03. The molecule has 0 radical (unpaired) electrons. The van der Waals surface area contributed by atoms with Gasteiger partial charge < -0.3 is 19.8 Å². The Morgan fingerprint density at radius 2 is 1.67 bits per heavy atom. The van der Waals surface area contributed by atoms with Gasteiger partial charge in [-0.15, -0.1) is 11.8 Å². The number of carbonyl (C=O) groups excluding carboxylic acids is 3. The number of likely N-dealkylation sites (tertiary alicyclic amines) is 1. The van der Waals surface area contributed by atoms with Gasteiger partial charge in [-0.1, -0.05) is 52.0 Å². The van der Waals surface area contributed by atoms with Crippen molar-refractivity contribution >= 4 is 29.5 Å². The largest absolute Gasteiger partial charge is 0.394 e. The highest BCUT2D eigenvalue weighted by Crippen LogP contribution is 2.66. The quantitative estimate of drug-likeness (QED) is 0.567. The summed E-state index contributed by atoms with van der Waals surface area (Å²) in [7, 11) is 1.77. The van der Waals surface area contributed by atoms with Crippen LogP contribution in [0.2, 0.25) is 0 Å². The zero-order valence-electron chi connectivity index (χ0n) is 23.1. The van der Waals surface area contributed by atoms with E-state index in [4.69, 9.17) is 0 Å². The fourth-order valence-electron chi connectivity index (χ4n) is 7.33. The first-order valence-electron chi connectivity index (χ1n) is 13.2. The number of aliphatic hydroxyl groups is 1. The van der Waals surface area contributed by atoms with Gasteiger partial charge in [0.05, 0.1) is 29.2 Å². The van der Waals surface area contributed by atoms with Crippen molar-refractivity contribution in [3.63, 3.8) is 0 Å². The molecule has 36 heavy (non-hydrogen) atoms. The molecule has 0 aliphatic carbocycles. The van der Waals surface area contributed by atoms with Crippen LogP contribution in [0.5, 0.6) is 0 Å². The molecule has 4 aliphatic rings. The molecular formula is C28H43N3O4S. The Morgan fingerprint density at radius 1 is 1.03 bits per heavy atom. The second-order valence-corrected chi connectivity index (χ2v) is 14.8. The van der Waals surface area contributed by atoms with Crippen LogP contribution in [0.1, 0.15) is 61.3 Å². The van der Waals surface area contributed by atoms with Gasteiger partial charge in [0.15, 0.2) is 0 Å². The van der Waals surface area contributed by atoms with Crippen LogP contribution >= 0.6 is 11.8 Å². The number of carbonyl (C=O) groups is 3. The number of fused-ring (bicyclic) bond motifs is 2. The predicted molar refractivity (Wildman–Crippen MR) is 143 cm³/mol. The Bertz CT molecular complexity index is 997. The molecule has 8 heteroatoms. The Balaban J connectivity index is 1.89. The first kappa shape index (κ1) is 27.2. The molecule has 1 N–H and O–H groups in total. The van der Waals surface area contributed by atoms with E-state index < -0.39 is 39.0 Å². The standard InChI is InChI=1S/C28H43N3O4S/c1-9-18(16-32)31-21-24(35)30(26(5,6)17-25(2,3)4)15-11-13-28(21)20(23(31)34)19-22(33)29(8)14-10-12-27(19,7)36-28/h10-13,18-21,32H,9,14-17H2,1-8H3/t18-,19+,20-,21?,27-,28-/m0/s1. The molecule has 200 valence electrons. The maximum Gasteiger partial charge on any atom is 0.247 e. The minimum atomic E-state index is -0.874. The fourth-order valence-corrected chi connectivity index (χ4v) is 9.47. The molecule has 4 aliphatic heterocycles. The Morgan fingerprint density at radius 3 is 2.25 bits per heavy atom. The number of nitrogens with zero attached hydrogens (tertiary/aromatic N) is 3. The molecule has 0 aromatic heterocycles. The van der Waals surface area contributed by atoms with Crippen molar-refractivity contribution in [2.75, 3.05) is 26.7 Å². The van der Waals surface area contributed by atoms with Crippen molar-refractivity contribution in [3.05, 3.63) is 24.3 Å². The van der Waals surface area contributed by atoms with E-state index in [0.717, 1.165) is 6.42 Å². The molecule has 6 atom stereocenters. The lowest BCUT2D eigenvalue weighted by molar-refractivity contribution is -0.149. The molecule has 2 fully saturated rings. The van der Waals surface area contributed by atoms with Crippen molar-refractivity contribution in [1.82, 2.24) is 14.7 Å². The smallest absolute Gasteiger partial charge is 0.247 e. The molecule has 1 unspecified atom stereocenters. The predicted octanol–water partition coefficient (Wildman–Crippen LogP) is 3.09. The van der Waals surface area contributed by atoms with Crippen LogP contribution in [0.3, 0.4) is 0 Å². The number of aliphatic hydroxyl groups excluding tert-OH is 1. The number of amides is 3. The van der Waals surface area contributed by atoms with Crippen molar-refractivity contribution in [2.24, 2.45) is 17.3 Å². The second kappa shape index (κ2) is 8.90. The van der Waals surface area contributed by atoms with Crippen LogP contribution in [0.15, 0.2) is 24.3 Å². The summed E-state index contributed by atoms with van der Waals surface area (Å²) < 4.78 is -1.48. The van der Waals surface area contributed by atoms with E-state index in [2.05, 4.69) is 46.8 Å². The maximum absolute atomic E-state index is 14.6. The second-order valence-electron chi connectivity index (χ2n) is 13.0. The Hall–Kier alpha value is -1.80. The fraction of sp³-hybridized carbons (Fsp3) is 0.750. The zero-order chi connectivity index (χ0) is 26.8. The van der Waals surface area contributed by atoms with Crippen LogP contribution in [0.25, 0.3) is 0 Å². The van der Waals surface area contributed by atoms with E-state index >= 15 is 0 Å². The minimum Gasteiger partial charge on any atom is -0.394 e. The van der Waals surface area contributed by atoms with Gasteiger partial charge in [-0.05, 0) is 39.0 Å². The monoisotopic (exact) mass is 517 g/mol. The van der Waals surface area contributed by atoms with Gasteiger partial charge in [0.1, 0.15) is 6.04 Å². The number of hydrogen-bond donors (Lipinski definition) is 1. The summed E-state index contributed by atoms with van der Waals surface area (Å²) in [5.41, 5.74) is -0.431. The SMILES string of the molecule is CC[C@@H](CO)N1C(=O)[C@@H]2[C@@H]3C(=O)N(C)CC=C[C@]3(C)S[C@@]23C=CCN(C(C)(C)CC(C)(C)C)C(=O)C13. The Labute approximate surface area is 220 Å². The van der Waals surface area contributed by atoms with Gasteiger partial charge >= 0.3 is 0 Å². The van der Waals surface area contributed by atoms with Gasteiger partial charge in [-0.25, -0.2) is 0 Å². The molecule has 0 saturated carbocycles. The van der Waals surface area contributed by atoms with E-state index in [9.17, 15) is 19.5 Å². The first-order valence-corrected chi connectivity index (χ1v) is 14.0. The average molecular weight is 518 g/mol. The molecule has 4 heterocycles. The van der Waals surface area contributed by atoms with Crippen molar-refractivity contribution in [3.8, 4) is 0 Å². The summed E-state index contributed by atoms with van der Waals surface area (Å²) in [6, 6.07) is -1.25. The van der Waals surface area contributed by atoms with E-state index in [1.54, 1.807) is 28.6 Å². The third-order valence-corrected chi connectivity index (χ3v) is 10.3. The summed E-state index contributed by atoms with van der Waals surface area (Å²) >= 11 is 1.59. The highest BCUT2D eigenvalue weighted by atomic mass is 32.2. The zero-order valence-corrected chi connectivity index (χ0v) is 23.9. The number of rotatable bonds is 5. The summed E-state index contributed by atoms with van der Waals surface area (Å²) in [5.74, 6) is -1.57. The van der Waals surface area contributed by atoms with Crippen LogP contribution in [-0.2, 0) is 14.4 Å². The number of hydrogen-bond acceptors (Lipinski definition) is 5. The van der Waals surface area contributed by atoms with Crippen LogP contribution in [0, 0.1) is 17.3 Å². The van der Waals surface area contributed by atoms with E-state index in [0.29, 0.717) is 19.5 Å². The summed E-state index contributed by atoms with van der Waals surface area (Å²) in [6.45, 7) is 15.4. The molecule has 2 saturated heterocycles. The molecule has 1 spiro atoms. The molecule has 7 nitrogen and oxygen atoms in total. The summed E-state index contributed by atoms with van der Waals surface area (Å²) in [6.07, 6.45) is 9.49. The lowest BCUT2D eigenvalue weighted by Crippen LogP contribution is -2.60. The van der Waals surface area contributed by atoms with E-state index in [-0.39, 0.29) is 29.7 Å².